The predicted molar refractivity (Wildman–Crippen MR) is 141 cm³/mol. The molecule has 36 heavy (non-hydrogen) atoms. The van der Waals surface area contributed by atoms with Gasteiger partial charge in [-0.15, -0.1) is 10.2 Å². The molecule has 0 spiro atoms. The average molecular weight is 495 g/mol. The van der Waals surface area contributed by atoms with Gasteiger partial charge in [0, 0.05) is 18.0 Å². The van der Waals surface area contributed by atoms with Crippen molar-refractivity contribution in [1.29, 1.82) is 0 Å². The third kappa shape index (κ3) is 3.68. The quantitative estimate of drug-likeness (QED) is 0.334. The summed E-state index contributed by atoms with van der Waals surface area (Å²) in [6.45, 7) is 4.03. The van der Waals surface area contributed by atoms with Crippen molar-refractivity contribution in [2.75, 3.05) is 0 Å². The van der Waals surface area contributed by atoms with Gasteiger partial charge in [0.2, 0.25) is 5.78 Å². The fourth-order valence-corrected chi connectivity index (χ4v) is 5.19. The Labute approximate surface area is 209 Å². The number of aryl methyl sites for hydroxylation is 2. The molecule has 0 amide bonds. The lowest BCUT2D eigenvalue weighted by Gasteiger charge is -2.12. The maximum Gasteiger partial charge on any atom is 0.267 e. The molecule has 0 saturated heterocycles. The first kappa shape index (κ1) is 22.2. The van der Waals surface area contributed by atoms with E-state index in [4.69, 9.17) is 0 Å². The number of aromatic nitrogens is 6. The topological polar surface area (TPSA) is 86.6 Å². The molecule has 0 saturated carbocycles. The summed E-state index contributed by atoms with van der Waals surface area (Å²) in [6, 6.07) is 20.7. The number of thioether (sulfide) groups is 1. The van der Waals surface area contributed by atoms with Crippen molar-refractivity contribution in [1.82, 2.24) is 28.5 Å². The van der Waals surface area contributed by atoms with E-state index in [1.54, 1.807) is 21.2 Å². The number of hydrogen-bond donors (Lipinski definition) is 0. The molecule has 178 valence electrons. The fourth-order valence-electron chi connectivity index (χ4n) is 4.36. The molecule has 9 heteroatoms. The highest BCUT2D eigenvalue weighted by Crippen LogP contribution is 2.25. The van der Waals surface area contributed by atoms with Crippen LogP contribution in [0.25, 0.3) is 28.0 Å². The number of rotatable bonds is 5. The van der Waals surface area contributed by atoms with Gasteiger partial charge in [0.1, 0.15) is 5.65 Å². The second-order valence-electron chi connectivity index (χ2n) is 8.60. The first-order valence-corrected chi connectivity index (χ1v) is 12.6. The van der Waals surface area contributed by atoms with Crippen LogP contribution >= 0.6 is 11.8 Å². The minimum absolute atomic E-state index is 0.125. The molecule has 6 rings (SSSR count). The van der Waals surface area contributed by atoms with Crippen molar-refractivity contribution in [3.63, 3.8) is 0 Å². The van der Waals surface area contributed by atoms with E-state index >= 15 is 0 Å². The summed E-state index contributed by atoms with van der Waals surface area (Å²) in [4.78, 5) is 30.8. The van der Waals surface area contributed by atoms with Gasteiger partial charge in [-0.25, -0.2) is 9.55 Å². The van der Waals surface area contributed by atoms with E-state index in [0.717, 1.165) is 23.2 Å². The number of hydrogen-bond acceptors (Lipinski definition) is 6. The Morgan fingerprint density at radius 2 is 1.75 bits per heavy atom. The van der Waals surface area contributed by atoms with Crippen LogP contribution in [-0.4, -0.2) is 28.5 Å². The summed E-state index contributed by atoms with van der Waals surface area (Å²) >= 11 is 1.42. The van der Waals surface area contributed by atoms with Crippen molar-refractivity contribution in [3.05, 3.63) is 110 Å². The van der Waals surface area contributed by atoms with Crippen LogP contribution in [0.3, 0.4) is 0 Å². The maximum absolute atomic E-state index is 13.5. The zero-order valence-electron chi connectivity index (χ0n) is 19.8. The van der Waals surface area contributed by atoms with E-state index in [0.29, 0.717) is 33.4 Å². The molecule has 4 aromatic heterocycles. The van der Waals surface area contributed by atoms with Crippen LogP contribution in [0.4, 0.5) is 0 Å². The predicted octanol–water partition coefficient (Wildman–Crippen LogP) is 4.20. The number of pyridine rings is 1. The molecule has 0 unspecified atom stereocenters. The molecule has 2 aromatic carbocycles. The van der Waals surface area contributed by atoms with E-state index in [1.165, 1.54) is 17.3 Å². The second kappa shape index (κ2) is 8.76. The monoisotopic (exact) mass is 494 g/mol. The van der Waals surface area contributed by atoms with Crippen molar-refractivity contribution in [2.24, 2.45) is 0 Å². The highest BCUT2D eigenvalue weighted by atomic mass is 32.2. The molecule has 0 aliphatic rings. The number of benzene rings is 2. The van der Waals surface area contributed by atoms with Gasteiger partial charge in [0.05, 0.1) is 22.3 Å². The van der Waals surface area contributed by atoms with Crippen molar-refractivity contribution >= 4 is 34.1 Å². The smallest absolute Gasteiger partial charge is 0.267 e. The van der Waals surface area contributed by atoms with Gasteiger partial charge >= 0.3 is 0 Å². The van der Waals surface area contributed by atoms with E-state index in [2.05, 4.69) is 22.1 Å². The van der Waals surface area contributed by atoms with Gasteiger partial charge in [-0.1, -0.05) is 49.0 Å². The first-order chi connectivity index (χ1) is 17.5. The summed E-state index contributed by atoms with van der Waals surface area (Å²) in [5.41, 5.74) is 4.62. The molecule has 0 bridgehead atoms. The average Bonchev–Trinajstić information content (AvgIpc) is 3.32. The molecule has 8 nitrogen and oxygen atoms in total. The van der Waals surface area contributed by atoms with Crippen LogP contribution < -0.4 is 11.1 Å². The lowest BCUT2D eigenvalue weighted by molar-refractivity contribution is 0.927. The van der Waals surface area contributed by atoms with E-state index in [-0.39, 0.29) is 11.1 Å². The Morgan fingerprint density at radius 1 is 0.944 bits per heavy atom. The molecule has 6 aromatic rings. The van der Waals surface area contributed by atoms with Crippen molar-refractivity contribution < 1.29 is 0 Å². The van der Waals surface area contributed by atoms with Gasteiger partial charge in [-0.05, 0) is 54.8 Å². The van der Waals surface area contributed by atoms with Gasteiger partial charge in [0.15, 0.2) is 5.16 Å². The van der Waals surface area contributed by atoms with Gasteiger partial charge < -0.3 is 0 Å². The zero-order chi connectivity index (χ0) is 24.8. The third-order valence-corrected chi connectivity index (χ3v) is 7.17. The molecule has 0 aliphatic carbocycles. The zero-order valence-corrected chi connectivity index (χ0v) is 20.6. The van der Waals surface area contributed by atoms with Crippen LogP contribution in [0.5, 0.6) is 0 Å². The third-order valence-electron chi connectivity index (χ3n) is 6.21. The van der Waals surface area contributed by atoms with Gasteiger partial charge in [-0.2, -0.15) is 0 Å². The normalized spacial score (nSPS) is 11.6. The molecule has 0 atom stereocenters. The van der Waals surface area contributed by atoms with Crippen molar-refractivity contribution in [3.8, 4) is 5.69 Å². The van der Waals surface area contributed by atoms with Gasteiger partial charge in [-0.3, -0.25) is 18.4 Å². The Balaban J connectivity index is 1.47. The fraction of sp³-hybridized carbons (Fsp3) is 0.148. The molecule has 0 aliphatic heterocycles. The lowest BCUT2D eigenvalue weighted by Crippen LogP contribution is -2.21. The Bertz CT molecular complexity index is 1890. The minimum atomic E-state index is -0.147. The van der Waals surface area contributed by atoms with Crippen molar-refractivity contribution in [2.45, 2.75) is 31.2 Å². The lowest BCUT2D eigenvalue weighted by atomic mass is 10.1. The van der Waals surface area contributed by atoms with Crippen LogP contribution in [0.1, 0.15) is 23.7 Å². The highest BCUT2D eigenvalue weighted by molar-refractivity contribution is 7.98. The minimum Gasteiger partial charge on any atom is -0.269 e. The molecule has 0 fully saturated rings. The van der Waals surface area contributed by atoms with Crippen LogP contribution in [0.15, 0.2) is 87.7 Å². The van der Waals surface area contributed by atoms with E-state index < -0.39 is 0 Å². The Kier molecular flexibility index (Phi) is 5.41. The maximum atomic E-state index is 13.5. The largest absolute Gasteiger partial charge is 0.269 e. The number of para-hydroxylation sites is 1. The van der Waals surface area contributed by atoms with Crippen LogP contribution in [0, 0.1) is 6.92 Å². The Morgan fingerprint density at radius 3 is 2.56 bits per heavy atom. The summed E-state index contributed by atoms with van der Waals surface area (Å²) < 4.78 is 5.04. The molecule has 0 radical (unpaired) electrons. The van der Waals surface area contributed by atoms with Crippen LogP contribution in [0.2, 0.25) is 0 Å². The summed E-state index contributed by atoms with van der Waals surface area (Å²) in [7, 11) is 0. The Hall–Kier alpha value is -4.24. The highest BCUT2D eigenvalue weighted by Gasteiger charge is 2.18. The second-order valence-corrected chi connectivity index (χ2v) is 9.55. The molecular weight excluding hydrogens is 472 g/mol. The standard InChI is InChI=1S/C27H22N6O2S/c1-3-18-9-11-20(12-10-18)32-25(35)21-6-4-5-7-22(21)33-26(32)29-30-27(33)36-16-19-14-24(34)31-15-17(2)8-13-23(31)28-19/h4-15H,3,16H2,1-2H3. The van der Waals surface area contributed by atoms with Gasteiger partial charge in [0.25, 0.3) is 11.1 Å². The first-order valence-electron chi connectivity index (χ1n) is 11.6. The molecular formula is C27H22N6O2S. The molecule has 4 heterocycles. The van der Waals surface area contributed by atoms with Crippen LogP contribution in [-0.2, 0) is 12.2 Å². The summed E-state index contributed by atoms with van der Waals surface area (Å²) in [5, 5.41) is 10.0. The number of fused-ring (bicyclic) bond motifs is 4. The molecule has 0 N–H and O–H groups in total. The summed E-state index contributed by atoms with van der Waals surface area (Å²) in [5.74, 6) is 0.867. The number of nitrogens with zero attached hydrogens (tertiary/aromatic N) is 6. The summed E-state index contributed by atoms with van der Waals surface area (Å²) in [6.07, 6.45) is 2.70. The SMILES string of the molecule is CCc1ccc(-n2c(=O)c3ccccc3n3c(SCc4cc(=O)n5cc(C)ccc5n4)nnc23)cc1. The van der Waals surface area contributed by atoms with E-state index in [9.17, 15) is 9.59 Å². The van der Waals surface area contributed by atoms with E-state index in [1.807, 2.05) is 72.0 Å².